The zero-order valence-electron chi connectivity index (χ0n) is 16.0. The van der Waals surface area contributed by atoms with Gasteiger partial charge in [0, 0.05) is 36.9 Å². The van der Waals surface area contributed by atoms with E-state index in [-0.39, 0.29) is 17.7 Å². The molecule has 0 atom stereocenters. The normalized spacial score (nSPS) is 14.1. The monoisotopic (exact) mass is 465 g/mol. The highest BCUT2D eigenvalue weighted by Crippen LogP contribution is 2.30. The van der Waals surface area contributed by atoms with E-state index >= 15 is 0 Å². The van der Waals surface area contributed by atoms with Crippen LogP contribution in [0.3, 0.4) is 0 Å². The summed E-state index contributed by atoms with van der Waals surface area (Å²) in [6.45, 7) is 2.51. The van der Waals surface area contributed by atoms with Gasteiger partial charge in [-0.1, -0.05) is 40.9 Å². The molecule has 156 valence electrons. The number of amides is 2. The number of piperazine rings is 1. The van der Waals surface area contributed by atoms with E-state index in [2.05, 4.69) is 20.2 Å². The Labute approximate surface area is 188 Å². The molecule has 2 aromatic carbocycles. The fraction of sp³-hybridized carbons (Fsp3) is 0.250. The molecule has 2 heterocycles. The molecule has 0 unspecified atom stereocenters. The number of aromatic nitrogens is 2. The minimum atomic E-state index is -0.271. The summed E-state index contributed by atoms with van der Waals surface area (Å²) < 4.78 is 5.29. The number of fused-ring (bicyclic) bond motifs is 1. The molecular formula is C20H18Cl3N5O2. The molecule has 1 saturated heterocycles. The first-order chi connectivity index (χ1) is 14.4. The Morgan fingerprint density at radius 1 is 1.00 bits per heavy atom. The highest BCUT2D eigenvalue weighted by Gasteiger charge is 2.23. The van der Waals surface area contributed by atoms with E-state index in [4.69, 9.17) is 39.5 Å². The third kappa shape index (κ3) is 4.33. The van der Waals surface area contributed by atoms with Crippen molar-refractivity contribution in [1.82, 2.24) is 14.9 Å². The summed E-state index contributed by atoms with van der Waals surface area (Å²) >= 11 is 18.2. The number of nitrogens with zero attached hydrogens (tertiary/aromatic N) is 4. The first-order valence-electron chi connectivity index (χ1n) is 9.22. The maximum Gasteiger partial charge on any atom is 0.323 e. The van der Waals surface area contributed by atoms with Crippen LogP contribution in [0.5, 0.6) is 5.88 Å². The Hall–Kier alpha value is -2.48. The summed E-state index contributed by atoms with van der Waals surface area (Å²) in [6.07, 6.45) is 0. The maximum atomic E-state index is 12.8. The molecular weight excluding hydrogens is 449 g/mol. The van der Waals surface area contributed by atoms with Crippen LogP contribution >= 0.6 is 34.8 Å². The first kappa shape index (κ1) is 20.8. The number of anilines is 2. The number of benzene rings is 2. The van der Waals surface area contributed by atoms with Crippen LogP contribution in [0, 0.1) is 0 Å². The number of urea groups is 1. The van der Waals surface area contributed by atoms with Crippen molar-refractivity contribution in [1.29, 1.82) is 0 Å². The zero-order valence-corrected chi connectivity index (χ0v) is 18.3. The number of hydrogen-bond acceptors (Lipinski definition) is 5. The van der Waals surface area contributed by atoms with Crippen LogP contribution in [0.25, 0.3) is 11.0 Å². The second kappa shape index (κ2) is 8.71. The zero-order chi connectivity index (χ0) is 21.3. The van der Waals surface area contributed by atoms with Crippen molar-refractivity contribution in [2.45, 2.75) is 0 Å². The molecule has 0 saturated carbocycles. The van der Waals surface area contributed by atoms with E-state index in [1.807, 2.05) is 24.3 Å². The lowest BCUT2D eigenvalue weighted by Gasteiger charge is -2.36. The van der Waals surface area contributed by atoms with Crippen molar-refractivity contribution >= 4 is 63.4 Å². The predicted octanol–water partition coefficient (Wildman–Crippen LogP) is 4.95. The predicted molar refractivity (Wildman–Crippen MR) is 120 cm³/mol. The molecule has 1 aliphatic heterocycles. The number of hydrogen-bond donors (Lipinski definition) is 1. The van der Waals surface area contributed by atoms with Gasteiger partial charge in [-0.3, -0.25) is 5.32 Å². The number of ether oxygens (including phenoxy) is 1. The summed E-state index contributed by atoms with van der Waals surface area (Å²) in [6, 6.07) is 10.6. The standard InChI is InChI=1S/C20H18Cl3N5O2/c1-30-19-18(24-16-10-14(22)15(23)11-17(16)25-19)26-20(29)28-7-5-27(6-8-28)13-4-2-3-12(21)9-13/h2-4,9-11H,5-8H2,1H3,(H,24,26,29). The lowest BCUT2D eigenvalue weighted by molar-refractivity contribution is 0.208. The van der Waals surface area contributed by atoms with E-state index in [1.165, 1.54) is 7.11 Å². The summed E-state index contributed by atoms with van der Waals surface area (Å²) in [4.78, 5) is 25.5. The van der Waals surface area contributed by atoms with Crippen LogP contribution in [0.1, 0.15) is 0 Å². The Balaban J connectivity index is 1.47. The van der Waals surface area contributed by atoms with Gasteiger partial charge in [-0.05, 0) is 30.3 Å². The van der Waals surface area contributed by atoms with Crippen LogP contribution in [-0.4, -0.2) is 54.2 Å². The number of carbonyl (C=O) groups is 1. The Kier molecular flexibility index (Phi) is 6.04. The average molecular weight is 467 g/mol. The van der Waals surface area contributed by atoms with E-state index in [0.29, 0.717) is 52.3 Å². The largest absolute Gasteiger partial charge is 0.478 e. The number of rotatable bonds is 3. The van der Waals surface area contributed by atoms with Crippen molar-refractivity contribution < 1.29 is 9.53 Å². The lowest BCUT2D eigenvalue weighted by atomic mass is 10.2. The number of methoxy groups -OCH3 is 1. The second-order valence-electron chi connectivity index (χ2n) is 6.72. The fourth-order valence-electron chi connectivity index (χ4n) is 3.28. The smallest absolute Gasteiger partial charge is 0.323 e. The summed E-state index contributed by atoms with van der Waals surface area (Å²) in [5.74, 6) is 0.428. The molecule has 4 rings (SSSR count). The molecule has 0 bridgehead atoms. The highest BCUT2D eigenvalue weighted by molar-refractivity contribution is 6.42. The van der Waals surface area contributed by atoms with E-state index in [1.54, 1.807) is 17.0 Å². The Bertz CT molecular complexity index is 1100. The second-order valence-corrected chi connectivity index (χ2v) is 7.97. The van der Waals surface area contributed by atoms with Crippen molar-refractivity contribution in [3.05, 3.63) is 51.5 Å². The van der Waals surface area contributed by atoms with Gasteiger partial charge < -0.3 is 14.5 Å². The fourth-order valence-corrected chi connectivity index (χ4v) is 3.78. The molecule has 1 aromatic heterocycles. The van der Waals surface area contributed by atoms with E-state index in [9.17, 15) is 4.79 Å². The molecule has 0 aliphatic carbocycles. The quantitative estimate of drug-likeness (QED) is 0.591. The van der Waals surface area contributed by atoms with Gasteiger partial charge in [0.1, 0.15) is 0 Å². The molecule has 1 fully saturated rings. The van der Waals surface area contributed by atoms with Crippen LogP contribution in [0.2, 0.25) is 15.1 Å². The number of carbonyl (C=O) groups excluding carboxylic acids is 1. The van der Waals surface area contributed by atoms with E-state index in [0.717, 1.165) is 5.69 Å². The molecule has 30 heavy (non-hydrogen) atoms. The minimum Gasteiger partial charge on any atom is -0.478 e. The molecule has 10 heteroatoms. The Morgan fingerprint density at radius 3 is 2.30 bits per heavy atom. The van der Waals surface area contributed by atoms with Crippen molar-refractivity contribution in [2.24, 2.45) is 0 Å². The highest BCUT2D eigenvalue weighted by atomic mass is 35.5. The van der Waals surface area contributed by atoms with Crippen LogP contribution in [0.15, 0.2) is 36.4 Å². The van der Waals surface area contributed by atoms with Crippen LogP contribution < -0.4 is 15.0 Å². The van der Waals surface area contributed by atoms with Gasteiger partial charge in [0.05, 0.1) is 28.2 Å². The molecule has 7 nitrogen and oxygen atoms in total. The molecule has 0 spiro atoms. The topological polar surface area (TPSA) is 70.6 Å². The van der Waals surface area contributed by atoms with Gasteiger partial charge in [-0.15, -0.1) is 0 Å². The molecule has 1 aliphatic rings. The van der Waals surface area contributed by atoms with Crippen LogP contribution in [0.4, 0.5) is 16.3 Å². The third-order valence-corrected chi connectivity index (χ3v) is 5.79. The van der Waals surface area contributed by atoms with E-state index < -0.39 is 0 Å². The van der Waals surface area contributed by atoms with Crippen molar-refractivity contribution in [3.63, 3.8) is 0 Å². The first-order valence-corrected chi connectivity index (χ1v) is 10.3. The van der Waals surface area contributed by atoms with Crippen molar-refractivity contribution in [2.75, 3.05) is 43.5 Å². The average Bonchev–Trinajstić information content (AvgIpc) is 2.74. The van der Waals surface area contributed by atoms with Crippen LogP contribution in [-0.2, 0) is 0 Å². The molecule has 0 radical (unpaired) electrons. The Morgan fingerprint density at radius 2 is 1.67 bits per heavy atom. The molecule has 1 N–H and O–H groups in total. The van der Waals surface area contributed by atoms with Gasteiger partial charge in [-0.2, -0.15) is 0 Å². The summed E-state index contributed by atoms with van der Waals surface area (Å²) in [5.41, 5.74) is 2.07. The van der Waals surface area contributed by atoms with Gasteiger partial charge in [0.2, 0.25) is 0 Å². The van der Waals surface area contributed by atoms with Gasteiger partial charge in [-0.25, -0.2) is 14.8 Å². The summed E-state index contributed by atoms with van der Waals surface area (Å²) in [5, 5.41) is 4.21. The van der Waals surface area contributed by atoms with Gasteiger partial charge in [0.15, 0.2) is 5.82 Å². The van der Waals surface area contributed by atoms with Crippen molar-refractivity contribution in [3.8, 4) is 5.88 Å². The third-order valence-electron chi connectivity index (χ3n) is 4.83. The summed E-state index contributed by atoms with van der Waals surface area (Å²) in [7, 11) is 1.47. The SMILES string of the molecule is COc1nc2cc(Cl)c(Cl)cc2nc1NC(=O)N1CCN(c2cccc(Cl)c2)CC1. The maximum absolute atomic E-state index is 12.8. The minimum absolute atomic E-state index is 0.201. The number of halogens is 3. The molecule has 3 aromatic rings. The number of nitrogens with one attached hydrogen (secondary N) is 1. The van der Waals surface area contributed by atoms with Gasteiger partial charge >= 0.3 is 6.03 Å². The molecule has 2 amide bonds. The van der Waals surface area contributed by atoms with Gasteiger partial charge in [0.25, 0.3) is 5.88 Å². The lowest BCUT2D eigenvalue weighted by Crippen LogP contribution is -2.50.